The minimum absolute atomic E-state index is 0.0580. The number of hydrogen-bond donors (Lipinski definition) is 0. The Morgan fingerprint density at radius 1 is 1.00 bits per heavy atom. The number of benzene rings is 2. The van der Waals surface area contributed by atoms with Crippen molar-refractivity contribution in [3.05, 3.63) is 77.4 Å². The highest BCUT2D eigenvalue weighted by Crippen LogP contribution is 2.19. The number of ketones is 1. The van der Waals surface area contributed by atoms with Crippen molar-refractivity contribution in [3.63, 3.8) is 0 Å². The van der Waals surface area contributed by atoms with Crippen LogP contribution >= 0.6 is 0 Å². The van der Waals surface area contributed by atoms with Crippen LogP contribution in [0.25, 0.3) is 6.08 Å². The molecule has 5 nitrogen and oxygen atoms in total. The standard InChI is InChI=1S/C26H29NO4/c1-2-6-20-9-12-22(13-10-20)24(28)19-31-26(30)23-15-17-27(18-16-23)25(29)14-11-21-7-4-3-5-8-21/h3-5,7-14,23H,2,6,15-19H2,1H3/b14-11+. The van der Waals surface area contributed by atoms with Crippen LogP contribution in [0.5, 0.6) is 0 Å². The lowest BCUT2D eigenvalue weighted by atomic mass is 9.97. The van der Waals surface area contributed by atoms with E-state index in [4.69, 9.17) is 4.74 Å². The van der Waals surface area contributed by atoms with E-state index >= 15 is 0 Å². The van der Waals surface area contributed by atoms with Crippen molar-refractivity contribution in [1.29, 1.82) is 0 Å². The Balaban J connectivity index is 1.42. The summed E-state index contributed by atoms with van der Waals surface area (Å²) >= 11 is 0. The van der Waals surface area contributed by atoms with Gasteiger partial charge in [0.05, 0.1) is 5.92 Å². The molecule has 0 atom stereocenters. The van der Waals surface area contributed by atoms with E-state index in [9.17, 15) is 14.4 Å². The number of likely N-dealkylation sites (tertiary alicyclic amines) is 1. The van der Waals surface area contributed by atoms with Crippen LogP contribution in [0.1, 0.15) is 47.7 Å². The summed E-state index contributed by atoms with van der Waals surface area (Å²) in [6.45, 7) is 2.88. The Morgan fingerprint density at radius 3 is 2.32 bits per heavy atom. The van der Waals surface area contributed by atoms with Crippen LogP contribution in [0.2, 0.25) is 0 Å². The van der Waals surface area contributed by atoms with Gasteiger partial charge >= 0.3 is 5.97 Å². The first-order chi connectivity index (χ1) is 15.1. The van der Waals surface area contributed by atoms with Gasteiger partial charge in [0.25, 0.3) is 0 Å². The van der Waals surface area contributed by atoms with E-state index in [1.165, 1.54) is 5.56 Å². The first kappa shape index (κ1) is 22.5. The summed E-state index contributed by atoms with van der Waals surface area (Å²) in [7, 11) is 0. The fourth-order valence-corrected chi connectivity index (χ4v) is 3.66. The quantitative estimate of drug-likeness (QED) is 0.363. The second kappa shape index (κ2) is 11.3. The van der Waals surface area contributed by atoms with E-state index in [1.807, 2.05) is 42.5 Å². The Morgan fingerprint density at radius 2 is 1.68 bits per heavy atom. The molecule has 0 unspecified atom stereocenters. The average Bonchev–Trinajstić information content (AvgIpc) is 2.82. The molecule has 1 saturated heterocycles. The predicted molar refractivity (Wildman–Crippen MR) is 121 cm³/mol. The minimum atomic E-state index is -0.358. The van der Waals surface area contributed by atoms with Crippen LogP contribution in [0.3, 0.4) is 0 Å². The summed E-state index contributed by atoms with van der Waals surface area (Å²) in [6.07, 6.45) is 6.49. The van der Waals surface area contributed by atoms with E-state index in [2.05, 4.69) is 6.92 Å². The number of carbonyl (C=O) groups is 3. The third-order valence-corrected chi connectivity index (χ3v) is 5.52. The molecule has 1 amide bonds. The maximum atomic E-state index is 12.4. The maximum absolute atomic E-state index is 12.4. The van der Waals surface area contributed by atoms with Gasteiger partial charge in [-0.25, -0.2) is 0 Å². The van der Waals surface area contributed by atoms with Gasteiger partial charge in [-0.3, -0.25) is 14.4 Å². The summed E-state index contributed by atoms with van der Waals surface area (Å²) in [5.41, 5.74) is 2.72. The topological polar surface area (TPSA) is 63.7 Å². The molecule has 1 fully saturated rings. The molecule has 0 saturated carbocycles. The Bertz CT molecular complexity index is 910. The summed E-state index contributed by atoms with van der Waals surface area (Å²) in [5, 5.41) is 0. The number of carbonyl (C=O) groups excluding carboxylic acids is 3. The zero-order valence-electron chi connectivity index (χ0n) is 18.0. The molecule has 3 rings (SSSR count). The fourth-order valence-electron chi connectivity index (χ4n) is 3.66. The lowest BCUT2D eigenvalue weighted by Crippen LogP contribution is -2.40. The van der Waals surface area contributed by atoms with Gasteiger partial charge in [-0.1, -0.05) is 67.9 Å². The van der Waals surface area contributed by atoms with Gasteiger partial charge < -0.3 is 9.64 Å². The maximum Gasteiger partial charge on any atom is 0.309 e. The van der Waals surface area contributed by atoms with Crippen LogP contribution < -0.4 is 0 Å². The zero-order valence-corrected chi connectivity index (χ0v) is 18.0. The van der Waals surface area contributed by atoms with Crippen LogP contribution in [0.15, 0.2) is 60.7 Å². The average molecular weight is 420 g/mol. The highest BCUT2D eigenvalue weighted by atomic mass is 16.5. The van der Waals surface area contributed by atoms with Crippen LogP contribution in [0, 0.1) is 5.92 Å². The number of aryl methyl sites for hydroxylation is 1. The third-order valence-electron chi connectivity index (χ3n) is 5.52. The molecule has 0 aromatic heterocycles. The third kappa shape index (κ3) is 6.64. The number of piperidine rings is 1. The lowest BCUT2D eigenvalue weighted by Gasteiger charge is -2.30. The molecular formula is C26H29NO4. The number of ether oxygens (including phenoxy) is 1. The fraction of sp³-hybridized carbons (Fsp3) is 0.346. The predicted octanol–water partition coefficient (Wildman–Crippen LogP) is 4.32. The molecule has 0 bridgehead atoms. The molecule has 2 aromatic rings. The summed E-state index contributed by atoms with van der Waals surface area (Å²) < 4.78 is 5.27. The first-order valence-electron chi connectivity index (χ1n) is 10.9. The van der Waals surface area contributed by atoms with Crippen molar-refractivity contribution in [2.45, 2.75) is 32.6 Å². The Labute approximate surface area is 183 Å². The summed E-state index contributed by atoms with van der Waals surface area (Å²) in [6, 6.07) is 17.1. The summed E-state index contributed by atoms with van der Waals surface area (Å²) in [4.78, 5) is 38.8. The van der Waals surface area contributed by atoms with Crippen molar-refractivity contribution in [2.75, 3.05) is 19.7 Å². The van der Waals surface area contributed by atoms with Gasteiger partial charge in [0.1, 0.15) is 0 Å². The second-order valence-corrected chi connectivity index (χ2v) is 7.82. The van der Waals surface area contributed by atoms with Gasteiger partial charge in [-0.2, -0.15) is 0 Å². The zero-order chi connectivity index (χ0) is 22.1. The lowest BCUT2D eigenvalue weighted by molar-refractivity contribution is -0.150. The molecule has 0 N–H and O–H groups in total. The van der Waals surface area contributed by atoms with E-state index in [-0.39, 0.29) is 30.2 Å². The van der Waals surface area contributed by atoms with Crippen molar-refractivity contribution < 1.29 is 19.1 Å². The molecule has 162 valence electrons. The normalized spacial score (nSPS) is 14.5. The number of hydrogen-bond acceptors (Lipinski definition) is 4. The van der Waals surface area contributed by atoms with Crippen LogP contribution in [-0.4, -0.2) is 42.3 Å². The van der Waals surface area contributed by atoms with Crippen molar-refractivity contribution in [3.8, 4) is 0 Å². The molecule has 0 aliphatic carbocycles. The van der Waals surface area contributed by atoms with Crippen LogP contribution in [-0.2, 0) is 20.7 Å². The molecule has 1 aliphatic rings. The van der Waals surface area contributed by atoms with Crippen molar-refractivity contribution in [2.24, 2.45) is 5.92 Å². The number of nitrogens with zero attached hydrogens (tertiary/aromatic N) is 1. The number of Topliss-reactive ketones (excluding diaryl/α,β-unsaturated/α-hetero) is 1. The van der Waals surface area contributed by atoms with Crippen molar-refractivity contribution >= 4 is 23.7 Å². The molecule has 2 aromatic carbocycles. The number of esters is 1. The molecule has 1 aliphatic heterocycles. The Hall–Kier alpha value is -3.21. The van der Waals surface area contributed by atoms with E-state index in [0.717, 1.165) is 18.4 Å². The second-order valence-electron chi connectivity index (χ2n) is 7.82. The van der Waals surface area contributed by atoms with Gasteiger partial charge in [-0.15, -0.1) is 0 Å². The van der Waals surface area contributed by atoms with Gasteiger partial charge in [-0.05, 0) is 36.5 Å². The van der Waals surface area contributed by atoms with Crippen molar-refractivity contribution in [1.82, 2.24) is 4.90 Å². The molecular weight excluding hydrogens is 390 g/mol. The highest BCUT2D eigenvalue weighted by Gasteiger charge is 2.28. The molecule has 1 heterocycles. The van der Waals surface area contributed by atoms with Gasteiger partial charge in [0, 0.05) is 24.7 Å². The molecule has 31 heavy (non-hydrogen) atoms. The van der Waals surface area contributed by atoms with E-state index in [0.29, 0.717) is 31.5 Å². The van der Waals surface area contributed by atoms with E-state index < -0.39 is 0 Å². The van der Waals surface area contributed by atoms with Gasteiger partial charge in [0.2, 0.25) is 5.91 Å². The smallest absolute Gasteiger partial charge is 0.309 e. The SMILES string of the molecule is CCCc1ccc(C(=O)COC(=O)C2CCN(C(=O)/C=C/c3ccccc3)CC2)cc1. The molecule has 0 spiro atoms. The number of rotatable bonds is 8. The van der Waals surface area contributed by atoms with E-state index in [1.54, 1.807) is 29.2 Å². The van der Waals surface area contributed by atoms with Gasteiger partial charge in [0.15, 0.2) is 12.4 Å². The minimum Gasteiger partial charge on any atom is -0.457 e. The number of amides is 1. The van der Waals surface area contributed by atoms with Crippen LogP contribution in [0.4, 0.5) is 0 Å². The highest BCUT2D eigenvalue weighted by molar-refractivity contribution is 5.98. The summed E-state index contributed by atoms with van der Waals surface area (Å²) in [5.74, 6) is -0.891. The molecule has 5 heteroatoms. The largest absolute Gasteiger partial charge is 0.457 e. The molecule has 0 radical (unpaired) electrons. The Kier molecular flexibility index (Phi) is 8.16. The monoisotopic (exact) mass is 419 g/mol. The first-order valence-corrected chi connectivity index (χ1v) is 10.9.